The third kappa shape index (κ3) is 2.36. The molecule has 1 aliphatic heterocycles. The van der Waals surface area contributed by atoms with Crippen LogP contribution in [0.25, 0.3) is 0 Å². The first-order valence-corrected chi connectivity index (χ1v) is 6.82. The zero-order valence-electron chi connectivity index (χ0n) is 10.1. The summed E-state index contributed by atoms with van der Waals surface area (Å²) in [5.41, 5.74) is 5.92. The van der Waals surface area contributed by atoms with Crippen LogP contribution < -0.4 is 5.73 Å². The molecule has 2 fully saturated rings. The first-order chi connectivity index (χ1) is 7.36. The molecule has 0 amide bonds. The predicted molar refractivity (Wildman–Crippen MR) is 64.8 cm³/mol. The van der Waals surface area contributed by atoms with E-state index in [0.717, 1.165) is 18.5 Å². The maximum Gasteiger partial charge on any atom is 0.0221 e. The molecule has 2 nitrogen and oxygen atoms in total. The Balaban J connectivity index is 1.96. The molecule has 0 radical (unpaired) electrons. The molecular formula is C13H26N2. The lowest BCUT2D eigenvalue weighted by atomic mass is 9.85. The van der Waals surface area contributed by atoms with Crippen molar-refractivity contribution in [2.75, 3.05) is 13.1 Å². The Morgan fingerprint density at radius 3 is 2.80 bits per heavy atom. The number of rotatable bonds is 4. The van der Waals surface area contributed by atoms with E-state index in [0.29, 0.717) is 6.04 Å². The summed E-state index contributed by atoms with van der Waals surface area (Å²) in [6.07, 6.45) is 9.83. The number of likely N-dealkylation sites (tertiary alicyclic amines) is 1. The van der Waals surface area contributed by atoms with Gasteiger partial charge in [-0.2, -0.15) is 0 Å². The summed E-state index contributed by atoms with van der Waals surface area (Å²) in [4.78, 5) is 2.74. The summed E-state index contributed by atoms with van der Waals surface area (Å²) in [6.45, 7) is 4.45. The van der Waals surface area contributed by atoms with Gasteiger partial charge in [-0.25, -0.2) is 0 Å². The van der Waals surface area contributed by atoms with Crippen molar-refractivity contribution in [3.05, 3.63) is 0 Å². The molecule has 2 rings (SSSR count). The van der Waals surface area contributed by atoms with Gasteiger partial charge in [0.1, 0.15) is 0 Å². The van der Waals surface area contributed by atoms with Crippen molar-refractivity contribution in [2.45, 2.75) is 64.0 Å². The van der Waals surface area contributed by atoms with Gasteiger partial charge in [-0.15, -0.1) is 0 Å². The van der Waals surface area contributed by atoms with Crippen molar-refractivity contribution in [1.82, 2.24) is 4.90 Å². The zero-order valence-corrected chi connectivity index (χ0v) is 10.1. The molecule has 3 unspecified atom stereocenters. The highest BCUT2D eigenvalue weighted by Gasteiger charge is 2.38. The molecule has 2 N–H and O–H groups in total. The average Bonchev–Trinajstić information content (AvgIpc) is 2.70. The molecule has 0 aromatic heterocycles. The minimum absolute atomic E-state index is 0.670. The van der Waals surface area contributed by atoms with Crippen LogP contribution in [-0.4, -0.2) is 30.1 Å². The first kappa shape index (κ1) is 11.4. The van der Waals surface area contributed by atoms with Gasteiger partial charge in [-0.1, -0.05) is 26.2 Å². The highest BCUT2D eigenvalue weighted by Crippen LogP contribution is 2.37. The van der Waals surface area contributed by atoms with Gasteiger partial charge in [0.05, 0.1) is 0 Å². The van der Waals surface area contributed by atoms with Crippen molar-refractivity contribution in [1.29, 1.82) is 0 Å². The van der Waals surface area contributed by atoms with E-state index in [1.807, 2.05) is 0 Å². The van der Waals surface area contributed by atoms with Crippen LogP contribution >= 0.6 is 0 Å². The minimum Gasteiger partial charge on any atom is -0.329 e. The van der Waals surface area contributed by atoms with Crippen molar-refractivity contribution in [2.24, 2.45) is 11.7 Å². The second-order valence-electron chi connectivity index (χ2n) is 5.32. The van der Waals surface area contributed by atoms with E-state index in [1.54, 1.807) is 0 Å². The molecule has 0 spiro atoms. The van der Waals surface area contributed by atoms with Crippen LogP contribution in [0, 0.1) is 5.92 Å². The van der Waals surface area contributed by atoms with Crippen LogP contribution in [0.1, 0.15) is 51.9 Å². The number of nitrogens with two attached hydrogens (primary N) is 1. The van der Waals surface area contributed by atoms with Crippen molar-refractivity contribution in [3.8, 4) is 0 Å². The highest BCUT2D eigenvalue weighted by molar-refractivity contribution is 4.93. The zero-order chi connectivity index (χ0) is 10.7. The van der Waals surface area contributed by atoms with Crippen LogP contribution in [0.3, 0.4) is 0 Å². The number of hydrogen-bond acceptors (Lipinski definition) is 2. The number of hydrogen-bond donors (Lipinski definition) is 1. The largest absolute Gasteiger partial charge is 0.329 e. The van der Waals surface area contributed by atoms with Crippen molar-refractivity contribution < 1.29 is 0 Å². The fourth-order valence-corrected chi connectivity index (χ4v) is 3.65. The van der Waals surface area contributed by atoms with Crippen molar-refractivity contribution >= 4 is 0 Å². The van der Waals surface area contributed by atoms with Gasteiger partial charge in [-0.3, -0.25) is 4.90 Å². The van der Waals surface area contributed by atoms with E-state index in [2.05, 4.69) is 11.8 Å². The maximum absolute atomic E-state index is 5.92. The Morgan fingerprint density at radius 1 is 1.27 bits per heavy atom. The van der Waals surface area contributed by atoms with E-state index < -0.39 is 0 Å². The van der Waals surface area contributed by atoms with Crippen LogP contribution in [0.15, 0.2) is 0 Å². The third-order valence-electron chi connectivity index (χ3n) is 4.42. The van der Waals surface area contributed by atoms with E-state index in [4.69, 9.17) is 5.73 Å². The molecule has 0 aromatic carbocycles. The molecule has 0 aromatic rings. The molecule has 1 saturated carbocycles. The monoisotopic (exact) mass is 210 g/mol. The summed E-state index contributed by atoms with van der Waals surface area (Å²) in [5, 5.41) is 0. The smallest absolute Gasteiger partial charge is 0.0221 e. The SMILES string of the molecule is CCCC(CN)N1CCC2CCCCC21. The lowest BCUT2D eigenvalue weighted by molar-refractivity contribution is 0.129. The van der Waals surface area contributed by atoms with Crippen LogP contribution in [0.4, 0.5) is 0 Å². The molecule has 88 valence electrons. The van der Waals surface area contributed by atoms with Crippen LogP contribution in [-0.2, 0) is 0 Å². The van der Waals surface area contributed by atoms with Gasteiger partial charge in [-0.05, 0) is 38.1 Å². The van der Waals surface area contributed by atoms with Gasteiger partial charge in [0.25, 0.3) is 0 Å². The van der Waals surface area contributed by atoms with Crippen LogP contribution in [0.2, 0.25) is 0 Å². The van der Waals surface area contributed by atoms with E-state index in [9.17, 15) is 0 Å². The molecule has 3 atom stereocenters. The second-order valence-corrected chi connectivity index (χ2v) is 5.32. The Labute approximate surface area is 94.2 Å². The van der Waals surface area contributed by atoms with Gasteiger partial charge in [0.2, 0.25) is 0 Å². The fourth-order valence-electron chi connectivity index (χ4n) is 3.65. The lowest BCUT2D eigenvalue weighted by Crippen LogP contribution is -2.45. The average molecular weight is 210 g/mol. The fraction of sp³-hybridized carbons (Fsp3) is 1.00. The second kappa shape index (κ2) is 5.31. The number of fused-ring (bicyclic) bond motifs is 1. The van der Waals surface area contributed by atoms with E-state index in [1.165, 1.54) is 51.5 Å². The molecule has 2 aliphatic rings. The summed E-state index contributed by atoms with van der Waals surface area (Å²) < 4.78 is 0. The molecule has 1 heterocycles. The van der Waals surface area contributed by atoms with Gasteiger partial charge in [0, 0.05) is 18.6 Å². The standard InChI is InChI=1S/C13H26N2/c1-2-5-12(10-14)15-9-8-11-6-3-4-7-13(11)15/h11-13H,2-10,14H2,1H3. The third-order valence-corrected chi connectivity index (χ3v) is 4.42. The predicted octanol–water partition coefficient (Wildman–Crippen LogP) is 2.38. The quantitative estimate of drug-likeness (QED) is 0.772. The van der Waals surface area contributed by atoms with Gasteiger partial charge in [0.15, 0.2) is 0 Å². The molecule has 0 bridgehead atoms. The maximum atomic E-state index is 5.92. The minimum atomic E-state index is 0.670. The summed E-state index contributed by atoms with van der Waals surface area (Å²) in [6, 6.07) is 1.56. The normalized spacial score (nSPS) is 34.0. The Morgan fingerprint density at radius 2 is 2.07 bits per heavy atom. The summed E-state index contributed by atoms with van der Waals surface area (Å²) in [7, 11) is 0. The van der Waals surface area contributed by atoms with Gasteiger partial charge < -0.3 is 5.73 Å². The first-order valence-electron chi connectivity index (χ1n) is 6.82. The summed E-state index contributed by atoms with van der Waals surface area (Å²) >= 11 is 0. The molecule has 1 saturated heterocycles. The van der Waals surface area contributed by atoms with Gasteiger partial charge >= 0.3 is 0 Å². The Hall–Kier alpha value is -0.0800. The topological polar surface area (TPSA) is 29.3 Å². The van der Waals surface area contributed by atoms with E-state index in [-0.39, 0.29) is 0 Å². The Kier molecular flexibility index (Phi) is 4.04. The summed E-state index contributed by atoms with van der Waals surface area (Å²) in [5.74, 6) is 1.00. The highest BCUT2D eigenvalue weighted by atomic mass is 15.2. The molecular weight excluding hydrogens is 184 g/mol. The van der Waals surface area contributed by atoms with E-state index >= 15 is 0 Å². The molecule has 15 heavy (non-hydrogen) atoms. The van der Waals surface area contributed by atoms with Crippen molar-refractivity contribution in [3.63, 3.8) is 0 Å². The van der Waals surface area contributed by atoms with Crippen LogP contribution in [0.5, 0.6) is 0 Å². The number of nitrogens with zero attached hydrogens (tertiary/aromatic N) is 1. The molecule has 2 heteroatoms. The lowest BCUT2D eigenvalue weighted by Gasteiger charge is -2.36. The Bertz CT molecular complexity index is 193. The molecule has 1 aliphatic carbocycles.